The van der Waals surface area contributed by atoms with Crippen molar-refractivity contribution in [1.82, 2.24) is 9.88 Å². The smallest absolute Gasteiger partial charge is 0.226 e. The van der Waals surface area contributed by atoms with Crippen LogP contribution in [0.5, 0.6) is 0 Å². The van der Waals surface area contributed by atoms with Crippen molar-refractivity contribution in [1.29, 1.82) is 0 Å². The Morgan fingerprint density at radius 2 is 2.28 bits per heavy atom. The summed E-state index contributed by atoms with van der Waals surface area (Å²) in [4.78, 5) is 6.70. The fraction of sp³-hybridized carbons (Fsp3) is 0.389. The zero-order valence-corrected chi connectivity index (χ0v) is 15.7. The Bertz CT molecular complexity index is 876. The lowest BCUT2D eigenvalue weighted by molar-refractivity contribution is 0.223. The summed E-state index contributed by atoms with van der Waals surface area (Å²) in [6.07, 6.45) is 2.44. The Morgan fingerprint density at radius 1 is 1.48 bits per heavy atom. The van der Waals surface area contributed by atoms with E-state index in [0.29, 0.717) is 30.4 Å². The molecule has 1 saturated heterocycles. The largest absolute Gasteiger partial charge is 0.441 e. The second-order valence-electron chi connectivity index (χ2n) is 6.31. The first-order chi connectivity index (χ1) is 11.9. The van der Waals surface area contributed by atoms with Crippen molar-refractivity contribution >= 4 is 21.4 Å². The van der Waals surface area contributed by atoms with Gasteiger partial charge in [0.05, 0.1) is 17.2 Å². The lowest BCUT2D eigenvalue weighted by Crippen LogP contribution is -2.36. The second kappa shape index (κ2) is 7.32. The van der Waals surface area contributed by atoms with Crippen molar-refractivity contribution in [3.05, 3.63) is 53.4 Å². The van der Waals surface area contributed by atoms with Crippen molar-refractivity contribution in [2.75, 3.05) is 18.1 Å². The fourth-order valence-electron chi connectivity index (χ4n) is 3.08. The van der Waals surface area contributed by atoms with Gasteiger partial charge in [-0.3, -0.25) is 4.90 Å². The topological polar surface area (TPSA) is 63.4 Å². The van der Waals surface area contributed by atoms with Gasteiger partial charge in [0.15, 0.2) is 9.84 Å². The molecule has 0 amide bonds. The Balaban J connectivity index is 1.82. The van der Waals surface area contributed by atoms with E-state index in [9.17, 15) is 8.42 Å². The Hall–Kier alpha value is -1.63. The first-order valence-corrected chi connectivity index (χ1v) is 10.4. The first kappa shape index (κ1) is 18.2. The molecule has 0 spiro atoms. The zero-order chi connectivity index (χ0) is 18.0. The monoisotopic (exact) mass is 380 g/mol. The summed E-state index contributed by atoms with van der Waals surface area (Å²) in [5.74, 6) is 1.69. The van der Waals surface area contributed by atoms with Crippen LogP contribution >= 0.6 is 11.6 Å². The predicted octanol–water partition coefficient (Wildman–Crippen LogP) is 3.48. The number of rotatable bonds is 6. The molecule has 134 valence electrons. The normalized spacial score (nSPS) is 19.4. The summed E-state index contributed by atoms with van der Waals surface area (Å²) in [6, 6.07) is 7.35. The highest BCUT2D eigenvalue weighted by atomic mass is 35.5. The molecule has 0 radical (unpaired) electrons. The van der Waals surface area contributed by atoms with Crippen molar-refractivity contribution in [2.24, 2.45) is 0 Å². The maximum Gasteiger partial charge on any atom is 0.226 e. The van der Waals surface area contributed by atoms with Gasteiger partial charge in [-0.2, -0.15) is 0 Å². The maximum atomic E-state index is 11.8. The van der Waals surface area contributed by atoms with E-state index in [2.05, 4.69) is 16.5 Å². The molecular weight excluding hydrogens is 360 g/mol. The molecule has 1 atom stereocenters. The van der Waals surface area contributed by atoms with Crippen LogP contribution in [0.3, 0.4) is 0 Å². The van der Waals surface area contributed by atoms with Crippen LogP contribution in [0, 0.1) is 6.92 Å². The van der Waals surface area contributed by atoms with Crippen LogP contribution in [0.25, 0.3) is 11.5 Å². The summed E-state index contributed by atoms with van der Waals surface area (Å²) in [6.45, 7) is 6.79. The zero-order valence-electron chi connectivity index (χ0n) is 14.1. The minimum atomic E-state index is -2.94. The Kier molecular flexibility index (Phi) is 5.32. The highest BCUT2D eigenvalue weighted by Crippen LogP contribution is 2.26. The molecule has 1 unspecified atom stereocenters. The number of nitrogens with zero attached hydrogens (tertiary/aromatic N) is 2. The summed E-state index contributed by atoms with van der Waals surface area (Å²) in [7, 11) is -2.94. The average molecular weight is 381 g/mol. The van der Waals surface area contributed by atoms with E-state index < -0.39 is 9.84 Å². The standard InChI is InChI=1S/C18H21ClN2O3S/c1-3-8-21(16-7-9-25(22,23)12-16)11-17-13(2)24-18(20-17)14-5-4-6-15(19)10-14/h3-6,10,16H,1,7-9,11-12H2,2H3. The van der Waals surface area contributed by atoms with Crippen molar-refractivity contribution in [3.8, 4) is 11.5 Å². The average Bonchev–Trinajstić information content (AvgIpc) is 3.10. The van der Waals surface area contributed by atoms with Gasteiger partial charge in [0.25, 0.3) is 0 Å². The molecule has 2 aromatic rings. The Morgan fingerprint density at radius 3 is 2.92 bits per heavy atom. The van der Waals surface area contributed by atoms with Gasteiger partial charge >= 0.3 is 0 Å². The van der Waals surface area contributed by atoms with Crippen LogP contribution in [0.4, 0.5) is 0 Å². The summed E-state index contributed by atoms with van der Waals surface area (Å²) in [5.41, 5.74) is 1.63. The molecule has 25 heavy (non-hydrogen) atoms. The van der Waals surface area contributed by atoms with E-state index in [4.69, 9.17) is 16.0 Å². The van der Waals surface area contributed by atoms with E-state index in [0.717, 1.165) is 17.0 Å². The lowest BCUT2D eigenvalue weighted by Gasteiger charge is -2.25. The fourth-order valence-corrected chi connectivity index (χ4v) is 5.04. The lowest BCUT2D eigenvalue weighted by atomic mass is 10.2. The Labute approximate surface area is 153 Å². The van der Waals surface area contributed by atoms with E-state index >= 15 is 0 Å². The van der Waals surface area contributed by atoms with Crippen LogP contribution in [-0.4, -0.2) is 42.4 Å². The van der Waals surface area contributed by atoms with Crippen LogP contribution in [-0.2, 0) is 16.4 Å². The van der Waals surface area contributed by atoms with Gasteiger partial charge < -0.3 is 4.42 Å². The van der Waals surface area contributed by atoms with Gasteiger partial charge in [0, 0.05) is 29.7 Å². The van der Waals surface area contributed by atoms with E-state index in [1.807, 2.05) is 25.1 Å². The maximum absolute atomic E-state index is 11.8. The van der Waals surface area contributed by atoms with Crippen LogP contribution in [0.15, 0.2) is 41.3 Å². The molecule has 1 aromatic carbocycles. The minimum absolute atomic E-state index is 0.00582. The van der Waals surface area contributed by atoms with E-state index in [1.54, 1.807) is 12.1 Å². The van der Waals surface area contributed by atoms with Crippen molar-refractivity contribution in [2.45, 2.75) is 25.9 Å². The third kappa shape index (κ3) is 4.32. The highest BCUT2D eigenvalue weighted by Gasteiger charge is 2.32. The van der Waals surface area contributed by atoms with Crippen LogP contribution in [0.1, 0.15) is 17.9 Å². The molecule has 1 fully saturated rings. The molecule has 0 bridgehead atoms. The molecule has 1 aromatic heterocycles. The third-order valence-electron chi connectivity index (χ3n) is 4.41. The van der Waals surface area contributed by atoms with Gasteiger partial charge in [-0.25, -0.2) is 13.4 Å². The number of aryl methyl sites for hydroxylation is 1. The van der Waals surface area contributed by atoms with Crippen LogP contribution in [0.2, 0.25) is 5.02 Å². The summed E-state index contributed by atoms with van der Waals surface area (Å²) >= 11 is 6.03. The number of aromatic nitrogens is 1. The number of oxazole rings is 1. The molecule has 0 aliphatic carbocycles. The first-order valence-electron chi connectivity index (χ1n) is 8.15. The van der Waals surface area contributed by atoms with Gasteiger partial charge in [-0.05, 0) is 31.5 Å². The number of sulfone groups is 1. The molecule has 3 rings (SSSR count). The number of benzene rings is 1. The number of hydrogen-bond donors (Lipinski definition) is 0. The highest BCUT2D eigenvalue weighted by molar-refractivity contribution is 7.91. The van der Waals surface area contributed by atoms with Crippen LogP contribution < -0.4 is 0 Å². The molecule has 1 aliphatic rings. The number of hydrogen-bond acceptors (Lipinski definition) is 5. The summed E-state index contributed by atoms with van der Waals surface area (Å²) in [5, 5.41) is 0.624. The minimum Gasteiger partial charge on any atom is -0.441 e. The number of halogens is 1. The van der Waals surface area contributed by atoms with E-state index in [-0.39, 0.29) is 17.5 Å². The third-order valence-corrected chi connectivity index (χ3v) is 6.39. The molecule has 0 saturated carbocycles. The quantitative estimate of drug-likeness (QED) is 0.718. The van der Waals surface area contributed by atoms with Gasteiger partial charge in [0.2, 0.25) is 5.89 Å². The molecule has 2 heterocycles. The summed E-state index contributed by atoms with van der Waals surface area (Å²) < 4.78 is 29.4. The molecule has 0 N–H and O–H groups in total. The SMILES string of the molecule is C=CCN(Cc1nc(-c2cccc(Cl)c2)oc1C)C1CCS(=O)(=O)C1. The molecule has 5 nitrogen and oxygen atoms in total. The van der Waals surface area contributed by atoms with Gasteiger partial charge in [0.1, 0.15) is 5.76 Å². The van der Waals surface area contributed by atoms with Crippen molar-refractivity contribution < 1.29 is 12.8 Å². The second-order valence-corrected chi connectivity index (χ2v) is 8.97. The molecule has 1 aliphatic heterocycles. The molecular formula is C18H21ClN2O3S. The van der Waals surface area contributed by atoms with Gasteiger partial charge in [-0.15, -0.1) is 6.58 Å². The van der Waals surface area contributed by atoms with Crippen molar-refractivity contribution in [3.63, 3.8) is 0 Å². The molecule has 7 heteroatoms. The van der Waals surface area contributed by atoms with E-state index in [1.165, 1.54) is 0 Å². The van der Waals surface area contributed by atoms with Gasteiger partial charge in [-0.1, -0.05) is 23.7 Å². The predicted molar refractivity (Wildman–Crippen MR) is 99.4 cm³/mol.